The van der Waals surface area contributed by atoms with Gasteiger partial charge in [-0.15, -0.1) is 0 Å². The van der Waals surface area contributed by atoms with Crippen LogP contribution in [0.5, 0.6) is 0 Å². The first-order valence-corrected chi connectivity index (χ1v) is 14.6. The van der Waals surface area contributed by atoms with Crippen LogP contribution in [0.15, 0.2) is 84.0 Å². The van der Waals surface area contributed by atoms with Gasteiger partial charge in [0, 0.05) is 6.42 Å². The highest BCUT2D eigenvalue weighted by molar-refractivity contribution is 5.89. The minimum Gasteiger partial charge on any atom is -0.458 e. The molecule has 2 nitrogen and oxygen atoms in total. The Morgan fingerprint density at radius 2 is 1.62 bits per heavy atom. The highest BCUT2D eigenvalue weighted by Gasteiger charge is 2.57. The molecular formula is C35H42O2. The molecule has 0 saturated heterocycles. The van der Waals surface area contributed by atoms with Crippen LogP contribution in [0, 0.1) is 34.5 Å². The summed E-state index contributed by atoms with van der Waals surface area (Å²) in [5.74, 6) is 2.70. The number of hydrogen-bond donors (Lipinski definition) is 0. The molecule has 2 aromatic rings. The van der Waals surface area contributed by atoms with Gasteiger partial charge in [0.25, 0.3) is 0 Å². The lowest BCUT2D eigenvalue weighted by Gasteiger charge is -2.55. The second kappa shape index (κ2) is 9.61. The molecule has 0 N–H and O–H groups in total. The number of rotatable bonds is 5. The molecule has 37 heavy (non-hydrogen) atoms. The van der Waals surface area contributed by atoms with E-state index in [1.165, 1.54) is 43.2 Å². The number of fused-ring (bicyclic) bond motifs is 5. The number of esters is 1. The van der Waals surface area contributed by atoms with Crippen LogP contribution in [-0.4, -0.2) is 12.1 Å². The Balaban J connectivity index is 1.18. The van der Waals surface area contributed by atoms with E-state index >= 15 is 0 Å². The number of benzene rings is 2. The largest absolute Gasteiger partial charge is 0.458 e. The van der Waals surface area contributed by atoms with Gasteiger partial charge in [-0.1, -0.05) is 92.6 Å². The van der Waals surface area contributed by atoms with E-state index in [9.17, 15) is 4.79 Å². The molecule has 194 valence electrons. The molecule has 7 atom stereocenters. The molecule has 2 heteroatoms. The van der Waals surface area contributed by atoms with Gasteiger partial charge in [0.2, 0.25) is 0 Å². The molecule has 4 aliphatic rings. The fourth-order valence-electron chi connectivity index (χ4n) is 8.97. The van der Waals surface area contributed by atoms with Crippen molar-refractivity contribution in [2.24, 2.45) is 34.5 Å². The van der Waals surface area contributed by atoms with E-state index in [0.717, 1.165) is 37.0 Å². The first-order valence-electron chi connectivity index (χ1n) is 14.6. The van der Waals surface area contributed by atoms with Crippen molar-refractivity contribution in [2.45, 2.75) is 78.2 Å². The van der Waals surface area contributed by atoms with Crippen molar-refractivity contribution >= 4 is 5.97 Å². The van der Waals surface area contributed by atoms with Crippen LogP contribution in [0.25, 0.3) is 0 Å². The molecule has 3 fully saturated rings. The molecule has 0 heterocycles. The second-order valence-corrected chi connectivity index (χ2v) is 12.9. The van der Waals surface area contributed by atoms with Crippen molar-refractivity contribution in [1.29, 1.82) is 0 Å². The van der Waals surface area contributed by atoms with E-state index in [0.29, 0.717) is 16.9 Å². The number of carbonyl (C=O) groups is 1. The van der Waals surface area contributed by atoms with E-state index in [1.54, 1.807) is 5.57 Å². The molecule has 0 spiro atoms. The summed E-state index contributed by atoms with van der Waals surface area (Å²) in [5.41, 5.74) is 6.02. The normalized spacial score (nSPS) is 35.3. The Morgan fingerprint density at radius 1 is 0.892 bits per heavy atom. The van der Waals surface area contributed by atoms with Crippen molar-refractivity contribution in [2.75, 3.05) is 0 Å². The molecule has 3 saturated carbocycles. The SMILES string of the molecule is CC(Cc1ccccc1)[C@H]1CC[C@H]2C3=CC=C4CC(OC(=O)c5ccccc5)CC[C@]4(C)[C@H]3CC[C@]12C. The predicted octanol–water partition coefficient (Wildman–Crippen LogP) is 8.59. The van der Waals surface area contributed by atoms with Crippen LogP contribution >= 0.6 is 0 Å². The third kappa shape index (κ3) is 4.31. The van der Waals surface area contributed by atoms with Gasteiger partial charge in [-0.25, -0.2) is 4.79 Å². The van der Waals surface area contributed by atoms with E-state index in [4.69, 9.17) is 4.74 Å². The zero-order valence-electron chi connectivity index (χ0n) is 22.8. The lowest BCUT2D eigenvalue weighted by atomic mass is 9.50. The molecule has 0 aromatic heterocycles. The number of hydrogen-bond acceptors (Lipinski definition) is 2. The van der Waals surface area contributed by atoms with Gasteiger partial charge in [-0.05, 0) is 97.1 Å². The molecule has 0 radical (unpaired) electrons. The van der Waals surface area contributed by atoms with Crippen LogP contribution in [-0.2, 0) is 11.2 Å². The number of allylic oxidation sites excluding steroid dienone is 3. The Bertz CT molecular complexity index is 1190. The summed E-state index contributed by atoms with van der Waals surface area (Å²) in [6.07, 6.45) is 14.5. The van der Waals surface area contributed by atoms with Crippen molar-refractivity contribution < 1.29 is 9.53 Å². The third-order valence-corrected chi connectivity index (χ3v) is 11.0. The maximum Gasteiger partial charge on any atom is 0.338 e. The fourth-order valence-corrected chi connectivity index (χ4v) is 8.97. The van der Waals surface area contributed by atoms with Gasteiger partial charge in [-0.2, -0.15) is 0 Å². The molecule has 2 aromatic carbocycles. The van der Waals surface area contributed by atoms with Gasteiger partial charge in [0.15, 0.2) is 0 Å². The first kappa shape index (κ1) is 24.7. The highest BCUT2D eigenvalue weighted by atomic mass is 16.5. The zero-order valence-corrected chi connectivity index (χ0v) is 22.8. The molecule has 2 unspecified atom stereocenters. The predicted molar refractivity (Wildman–Crippen MR) is 150 cm³/mol. The van der Waals surface area contributed by atoms with E-state index in [-0.39, 0.29) is 17.5 Å². The summed E-state index contributed by atoms with van der Waals surface area (Å²) < 4.78 is 5.98. The molecule has 4 aliphatic carbocycles. The first-order chi connectivity index (χ1) is 17.9. The van der Waals surface area contributed by atoms with Crippen molar-refractivity contribution in [3.63, 3.8) is 0 Å². The lowest BCUT2D eigenvalue weighted by Crippen LogP contribution is -2.47. The minimum absolute atomic E-state index is 0.00876. The summed E-state index contributed by atoms with van der Waals surface area (Å²) in [6, 6.07) is 20.5. The van der Waals surface area contributed by atoms with Gasteiger partial charge in [0.05, 0.1) is 5.56 Å². The quantitative estimate of drug-likeness (QED) is 0.389. The van der Waals surface area contributed by atoms with Gasteiger partial charge in [0.1, 0.15) is 6.10 Å². The van der Waals surface area contributed by atoms with Crippen molar-refractivity contribution in [1.82, 2.24) is 0 Å². The number of ether oxygens (including phenoxy) is 1. The van der Waals surface area contributed by atoms with Crippen molar-refractivity contribution in [3.8, 4) is 0 Å². The van der Waals surface area contributed by atoms with Crippen molar-refractivity contribution in [3.05, 3.63) is 95.1 Å². The van der Waals surface area contributed by atoms with Crippen LogP contribution in [0.2, 0.25) is 0 Å². The fraction of sp³-hybridized carbons (Fsp3) is 0.514. The van der Waals surface area contributed by atoms with Gasteiger partial charge < -0.3 is 4.74 Å². The van der Waals surface area contributed by atoms with E-state index in [1.807, 2.05) is 30.3 Å². The van der Waals surface area contributed by atoms with Crippen LogP contribution < -0.4 is 0 Å². The summed E-state index contributed by atoms with van der Waals surface area (Å²) in [5, 5.41) is 0. The smallest absolute Gasteiger partial charge is 0.338 e. The summed E-state index contributed by atoms with van der Waals surface area (Å²) in [4.78, 5) is 12.7. The Hall–Kier alpha value is -2.61. The van der Waals surface area contributed by atoms with Crippen LogP contribution in [0.1, 0.15) is 81.6 Å². The summed E-state index contributed by atoms with van der Waals surface area (Å²) in [7, 11) is 0. The average Bonchev–Trinajstić information content (AvgIpc) is 3.27. The summed E-state index contributed by atoms with van der Waals surface area (Å²) in [6.45, 7) is 7.64. The zero-order chi connectivity index (χ0) is 25.6. The topological polar surface area (TPSA) is 26.3 Å². The van der Waals surface area contributed by atoms with Crippen LogP contribution in [0.4, 0.5) is 0 Å². The Morgan fingerprint density at radius 3 is 2.38 bits per heavy atom. The standard InChI is InChI=1S/C35H42O2/c1-24(22-25-10-6-4-7-11-25)30-16-17-31-29-15-14-27-23-28(37-33(36)26-12-8-5-9-13-26)18-20-34(27,2)32(29)19-21-35(30,31)3/h4-15,24,28,30-32H,16-23H2,1-3H3/t24?,28?,30-,31+,32+,34+,35-/m1/s1. The van der Waals surface area contributed by atoms with E-state index in [2.05, 4.69) is 63.3 Å². The highest BCUT2D eigenvalue weighted by Crippen LogP contribution is 2.66. The van der Waals surface area contributed by atoms with Gasteiger partial charge >= 0.3 is 5.97 Å². The molecule has 6 rings (SSSR count). The molecule has 0 amide bonds. The van der Waals surface area contributed by atoms with Crippen LogP contribution in [0.3, 0.4) is 0 Å². The minimum atomic E-state index is -0.183. The van der Waals surface area contributed by atoms with E-state index < -0.39 is 0 Å². The molecular weight excluding hydrogens is 452 g/mol. The maximum atomic E-state index is 12.7. The average molecular weight is 495 g/mol. The van der Waals surface area contributed by atoms with Gasteiger partial charge in [-0.3, -0.25) is 0 Å². The monoisotopic (exact) mass is 494 g/mol. The maximum absolute atomic E-state index is 12.7. The lowest BCUT2D eigenvalue weighted by molar-refractivity contribution is 0.00601. The molecule has 0 aliphatic heterocycles. The Kier molecular flexibility index (Phi) is 6.42. The second-order valence-electron chi connectivity index (χ2n) is 12.9. The Labute approximate surface area is 223 Å². The molecule has 0 bridgehead atoms. The number of carbonyl (C=O) groups excluding carboxylic acids is 1. The third-order valence-electron chi connectivity index (χ3n) is 11.0. The summed E-state index contributed by atoms with van der Waals surface area (Å²) >= 11 is 0.